The molecule has 0 unspecified atom stereocenters. The van der Waals surface area contributed by atoms with Crippen LogP contribution in [0.1, 0.15) is 28.7 Å². The topological polar surface area (TPSA) is 57.0 Å². The van der Waals surface area contributed by atoms with Crippen molar-refractivity contribution >= 4 is 33.5 Å². The van der Waals surface area contributed by atoms with Gasteiger partial charge in [-0.05, 0) is 36.2 Å². The monoisotopic (exact) mass is 445 g/mol. The minimum atomic E-state index is 0.0595. The average molecular weight is 446 g/mol. The molecular formula is C20H20BrN3O2S. The molecule has 5 nitrogen and oxygen atoms in total. The number of benzene rings is 2. The first-order valence-corrected chi connectivity index (χ1v) is 10.4. The predicted octanol–water partition coefficient (Wildman–Crippen LogP) is 4.69. The number of aromatic nitrogens is 3. The second kappa shape index (κ2) is 9.19. The first-order chi connectivity index (χ1) is 13.1. The summed E-state index contributed by atoms with van der Waals surface area (Å²) in [6, 6.07) is 15.4. The molecule has 1 aromatic heterocycles. The van der Waals surface area contributed by atoms with E-state index in [2.05, 4.69) is 45.2 Å². The molecule has 0 amide bonds. The van der Waals surface area contributed by atoms with E-state index in [4.69, 9.17) is 4.74 Å². The molecule has 3 rings (SSSR count). The molecular weight excluding hydrogens is 426 g/mol. The number of ether oxygens (including phenoxy) is 1. The lowest BCUT2D eigenvalue weighted by molar-refractivity contribution is 0.102. The highest BCUT2D eigenvalue weighted by atomic mass is 79.9. The van der Waals surface area contributed by atoms with Crippen LogP contribution >= 0.6 is 27.7 Å². The van der Waals surface area contributed by atoms with Gasteiger partial charge in [-0.25, -0.2) is 0 Å². The van der Waals surface area contributed by atoms with Gasteiger partial charge in [0.2, 0.25) is 0 Å². The Balaban J connectivity index is 1.56. The molecule has 1 heterocycles. The zero-order valence-corrected chi connectivity index (χ0v) is 17.6. The third kappa shape index (κ3) is 5.20. The van der Waals surface area contributed by atoms with E-state index in [-0.39, 0.29) is 5.78 Å². The molecule has 0 saturated heterocycles. The van der Waals surface area contributed by atoms with E-state index in [1.807, 2.05) is 48.0 Å². The lowest BCUT2D eigenvalue weighted by Crippen LogP contribution is -2.06. The number of aryl methyl sites for hydroxylation is 1. The van der Waals surface area contributed by atoms with Gasteiger partial charge in [0.15, 0.2) is 16.8 Å². The van der Waals surface area contributed by atoms with Gasteiger partial charge in [-0.1, -0.05) is 58.9 Å². The van der Waals surface area contributed by atoms with E-state index in [0.717, 1.165) is 16.6 Å². The number of rotatable bonds is 8. The number of thioether (sulfide) groups is 1. The van der Waals surface area contributed by atoms with Gasteiger partial charge in [-0.15, -0.1) is 10.2 Å². The number of nitrogens with zero attached hydrogens (tertiary/aromatic N) is 3. The summed E-state index contributed by atoms with van der Waals surface area (Å²) < 4.78 is 8.60. The van der Waals surface area contributed by atoms with Crippen LogP contribution in [0.25, 0.3) is 0 Å². The van der Waals surface area contributed by atoms with Crippen LogP contribution in [0.3, 0.4) is 0 Å². The molecule has 0 bridgehead atoms. The first kappa shape index (κ1) is 19.6. The second-order valence-corrected chi connectivity index (χ2v) is 7.82. The maximum atomic E-state index is 12.3. The summed E-state index contributed by atoms with van der Waals surface area (Å²) in [7, 11) is 1.88. The fourth-order valence-electron chi connectivity index (χ4n) is 2.41. The fraction of sp³-hybridized carbons (Fsp3) is 0.250. The van der Waals surface area contributed by atoms with Gasteiger partial charge in [0.05, 0.1) is 5.75 Å². The van der Waals surface area contributed by atoms with Crippen LogP contribution in [-0.4, -0.2) is 26.3 Å². The second-order valence-electron chi connectivity index (χ2n) is 5.96. The Morgan fingerprint density at radius 1 is 1.11 bits per heavy atom. The van der Waals surface area contributed by atoms with Crippen molar-refractivity contribution in [2.24, 2.45) is 7.05 Å². The summed E-state index contributed by atoms with van der Waals surface area (Å²) in [5.41, 5.74) is 1.96. The first-order valence-electron chi connectivity index (χ1n) is 8.58. The van der Waals surface area contributed by atoms with Crippen LogP contribution in [0.15, 0.2) is 58.2 Å². The van der Waals surface area contributed by atoms with Crippen molar-refractivity contribution in [2.45, 2.75) is 25.1 Å². The van der Waals surface area contributed by atoms with Crippen LogP contribution in [0.2, 0.25) is 0 Å². The van der Waals surface area contributed by atoms with Gasteiger partial charge < -0.3 is 9.30 Å². The van der Waals surface area contributed by atoms with E-state index in [1.165, 1.54) is 17.3 Å². The van der Waals surface area contributed by atoms with E-state index in [9.17, 15) is 4.79 Å². The average Bonchev–Trinajstić information content (AvgIpc) is 3.05. The van der Waals surface area contributed by atoms with Crippen LogP contribution in [0, 0.1) is 0 Å². The molecule has 3 aromatic rings. The van der Waals surface area contributed by atoms with Crippen LogP contribution < -0.4 is 4.74 Å². The Bertz CT molecular complexity index is 908. The maximum Gasteiger partial charge on any atom is 0.191 e. The number of carbonyl (C=O) groups is 1. The number of halogens is 1. The van der Waals surface area contributed by atoms with E-state index < -0.39 is 0 Å². The zero-order chi connectivity index (χ0) is 19.2. The molecule has 0 aliphatic heterocycles. The number of carbonyl (C=O) groups excluding carboxylic acids is 1. The molecule has 0 saturated carbocycles. The molecule has 0 N–H and O–H groups in total. The largest absolute Gasteiger partial charge is 0.486 e. The van der Waals surface area contributed by atoms with Crippen LogP contribution in [0.5, 0.6) is 5.75 Å². The van der Waals surface area contributed by atoms with Gasteiger partial charge >= 0.3 is 0 Å². The lowest BCUT2D eigenvalue weighted by Gasteiger charge is -2.07. The number of hydrogen-bond donors (Lipinski definition) is 0. The summed E-state index contributed by atoms with van der Waals surface area (Å²) >= 11 is 4.75. The normalized spacial score (nSPS) is 10.8. The third-order valence-corrected chi connectivity index (χ3v) is 5.67. The summed E-state index contributed by atoms with van der Waals surface area (Å²) in [6.07, 6.45) is 1.00. The smallest absolute Gasteiger partial charge is 0.191 e. The van der Waals surface area contributed by atoms with Crippen molar-refractivity contribution < 1.29 is 9.53 Å². The van der Waals surface area contributed by atoms with Crippen molar-refractivity contribution in [3.8, 4) is 5.75 Å². The molecule has 7 heteroatoms. The summed E-state index contributed by atoms with van der Waals surface area (Å²) in [6.45, 7) is 2.45. The highest BCUT2D eigenvalue weighted by Gasteiger charge is 2.13. The standard InChI is InChI=1S/C20H20BrN3O2S/c1-3-14-4-10-17(11-5-14)26-12-19-22-23-20(24(19)2)27-13-18(25)15-6-8-16(21)9-7-15/h4-11H,3,12-13H2,1-2H3. The third-order valence-electron chi connectivity index (χ3n) is 4.12. The molecule has 0 aliphatic carbocycles. The fourth-order valence-corrected chi connectivity index (χ4v) is 3.50. The van der Waals surface area contributed by atoms with Crippen molar-refractivity contribution in [1.29, 1.82) is 0 Å². The molecule has 0 atom stereocenters. The molecule has 2 aromatic carbocycles. The van der Waals surface area contributed by atoms with E-state index in [0.29, 0.717) is 28.9 Å². The molecule has 27 heavy (non-hydrogen) atoms. The Labute approximate surface area is 171 Å². The molecule has 0 aliphatic rings. The van der Waals surface area contributed by atoms with E-state index >= 15 is 0 Å². The predicted molar refractivity (Wildman–Crippen MR) is 110 cm³/mol. The highest BCUT2D eigenvalue weighted by molar-refractivity contribution is 9.10. The van der Waals surface area contributed by atoms with Crippen molar-refractivity contribution in [2.75, 3.05) is 5.75 Å². The van der Waals surface area contributed by atoms with E-state index in [1.54, 1.807) is 0 Å². The van der Waals surface area contributed by atoms with Gasteiger partial charge in [0.25, 0.3) is 0 Å². The Hall–Kier alpha value is -2.12. The quantitative estimate of drug-likeness (QED) is 0.371. The number of ketones is 1. The van der Waals surface area contributed by atoms with Gasteiger partial charge in [-0.3, -0.25) is 4.79 Å². The molecule has 0 spiro atoms. The Morgan fingerprint density at radius 3 is 2.48 bits per heavy atom. The van der Waals surface area contributed by atoms with Gasteiger partial charge in [0.1, 0.15) is 12.4 Å². The highest BCUT2D eigenvalue weighted by Crippen LogP contribution is 2.20. The van der Waals surface area contributed by atoms with Crippen molar-refractivity contribution in [3.63, 3.8) is 0 Å². The zero-order valence-electron chi connectivity index (χ0n) is 15.2. The number of Topliss-reactive ketones (excluding diaryl/α,β-unsaturated/α-hetero) is 1. The molecule has 0 fully saturated rings. The van der Waals surface area contributed by atoms with Crippen LogP contribution in [0.4, 0.5) is 0 Å². The maximum absolute atomic E-state index is 12.3. The minimum Gasteiger partial charge on any atom is -0.486 e. The Morgan fingerprint density at radius 2 is 1.81 bits per heavy atom. The summed E-state index contributed by atoms with van der Waals surface area (Å²) in [5, 5.41) is 9.04. The van der Waals surface area contributed by atoms with Gasteiger partial charge in [-0.2, -0.15) is 0 Å². The Kier molecular flexibility index (Phi) is 6.68. The molecule has 140 valence electrons. The lowest BCUT2D eigenvalue weighted by atomic mass is 10.2. The van der Waals surface area contributed by atoms with Crippen molar-refractivity contribution in [1.82, 2.24) is 14.8 Å². The van der Waals surface area contributed by atoms with Crippen LogP contribution in [-0.2, 0) is 20.1 Å². The van der Waals surface area contributed by atoms with Gasteiger partial charge in [0, 0.05) is 17.1 Å². The summed E-state index contributed by atoms with van der Waals surface area (Å²) in [4.78, 5) is 12.3. The molecule has 0 radical (unpaired) electrons. The summed E-state index contributed by atoms with van der Waals surface area (Å²) in [5.74, 6) is 1.89. The van der Waals surface area contributed by atoms with Crippen molar-refractivity contribution in [3.05, 3.63) is 70.0 Å². The minimum absolute atomic E-state index is 0.0595. The SMILES string of the molecule is CCc1ccc(OCc2nnc(SCC(=O)c3ccc(Br)cc3)n2C)cc1. The number of hydrogen-bond acceptors (Lipinski definition) is 5.